The van der Waals surface area contributed by atoms with Crippen molar-refractivity contribution >= 4 is 34.5 Å². The summed E-state index contributed by atoms with van der Waals surface area (Å²) in [5, 5.41) is 8.66. The average molecular weight is 483 g/mol. The van der Waals surface area contributed by atoms with Crippen molar-refractivity contribution in [2.75, 3.05) is 42.5 Å². The zero-order chi connectivity index (χ0) is 24.6. The molecule has 2 aliphatic rings. The number of carbonyl (C=O) groups excluding carboxylic acids is 2. The van der Waals surface area contributed by atoms with Crippen LogP contribution in [-0.2, 0) is 9.59 Å². The summed E-state index contributed by atoms with van der Waals surface area (Å²) in [5.74, 6) is 0.443. The number of aromatic nitrogens is 5. The van der Waals surface area contributed by atoms with Crippen LogP contribution < -0.4 is 9.80 Å². The summed E-state index contributed by atoms with van der Waals surface area (Å²) in [6, 6.07) is 17.6. The van der Waals surface area contributed by atoms with E-state index in [0.717, 1.165) is 22.8 Å². The smallest absolute Gasteiger partial charge is 0.228 e. The Bertz CT molecular complexity index is 1410. The van der Waals surface area contributed by atoms with Crippen LogP contribution in [0.1, 0.15) is 12.0 Å². The summed E-state index contributed by atoms with van der Waals surface area (Å²) in [5.41, 5.74) is 4.15. The Morgan fingerprint density at radius 1 is 0.917 bits per heavy atom. The van der Waals surface area contributed by atoms with E-state index in [9.17, 15) is 9.59 Å². The number of carbonyl (C=O) groups is 2. The first-order chi connectivity index (χ1) is 17.6. The molecule has 0 saturated carbocycles. The first-order valence-electron chi connectivity index (χ1n) is 12.1. The van der Waals surface area contributed by atoms with Crippen LogP contribution in [0.25, 0.3) is 16.9 Å². The van der Waals surface area contributed by atoms with Gasteiger partial charge in [0.2, 0.25) is 11.8 Å². The molecule has 2 fully saturated rings. The molecule has 10 heteroatoms. The third kappa shape index (κ3) is 3.94. The number of piperazine rings is 1. The van der Waals surface area contributed by atoms with Gasteiger partial charge in [-0.3, -0.25) is 9.59 Å². The molecule has 2 amide bonds. The summed E-state index contributed by atoms with van der Waals surface area (Å²) in [4.78, 5) is 40.5. The molecule has 1 atom stereocenters. The molecule has 0 spiro atoms. The minimum absolute atomic E-state index is 0.000666. The summed E-state index contributed by atoms with van der Waals surface area (Å²) in [6.07, 6.45) is 1.78. The number of nitrogens with zero attached hydrogens (tertiary/aromatic N) is 8. The quantitative estimate of drug-likeness (QED) is 0.440. The first kappa shape index (κ1) is 22.1. The second kappa shape index (κ2) is 9.03. The lowest BCUT2D eigenvalue weighted by Gasteiger charge is -2.36. The van der Waals surface area contributed by atoms with Crippen molar-refractivity contribution in [1.82, 2.24) is 29.9 Å². The highest BCUT2D eigenvalue weighted by Gasteiger charge is 2.38. The van der Waals surface area contributed by atoms with Gasteiger partial charge in [0.05, 0.1) is 11.6 Å². The van der Waals surface area contributed by atoms with E-state index in [4.69, 9.17) is 0 Å². The van der Waals surface area contributed by atoms with Gasteiger partial charge < -0.3 is 14.7 Å². The highest BCUT2D eigenvalue weighted by molar-refractivity contribution is 6.00. The fourth-order valence-electron chi connectivity index (χ4n) is 4.96. The van der Waals surface area contributed by atoms with Gasteiger partial charge >= 0.3 is 0 Å². The molecule has 4 heterocycles. The third-order valence-corrected chi connectivity index (χ3v) is 6.93. The predicted molar refractivity (Wildman–Crippen MR) is 135 cm³/mol. The van der Waals surface area contributed by atoms with Gasteiger partial charge in [-0.15, -0.1) is 5.10 Å². The number of amides is 2. The SMILES string of the molecule is Cc1ccc(N2CC(C(=O)N3CCN(c4ncnc5c4nnn5-c4ccccc4)CC3)CC2=O)cc1. The van der Waals surface area contributed by atoms with E-state index in [2.05, 4.69) is 25.2 Å². The number of para-hydroxylation sites is 1. The fraction of sp³-hybridized carbons (Fsp3) is 0.308. The van der Waals surface area contributed by atoms with E-state index in [-0.39, 0.29) is 24.2 Å². The van der Waals surface area contributed by atoms with Crippen LogP contribution in [0.3, 0.4) is 0 Å². The molecular weight excluding hydrogens is 456 g/mol. The standard InChI is InChI=1S/C26H26N8O2/c1-18-7-9-20(10-8-18)33-16-19(15-22(33)35)26(36)32-13-11-31(12-14-32)24-23-25(28-17-27-24)34(30-29-23)21-5-3-2-4-6-21/h2-10,17,19H,11-16H2,1H3. The molecule has 1 unspecified atom stereocenters. The van der Waals surface area contributed by atoms with E-state index in [1.807, 2.05) is 66.4 Å². The van der Waals surface area contributed by atoms with Crippen molar-refractivity contribution in [3.8, 4) is 5.69 Å². The minimum atomic E-state index is -0.318. The molecule has 36 heavy (non-hydrogen) atoms. The second-order valence-electron chi connectivity index (χ2n) is 9.26. The molecule has 0 aliphatic carbocycles. The Kier molecular flexibility index (Phi) is 5.55. The van der Waals surface area contributed by atoms with E-state index >= 15 is 0 Å². The van der Waals surface area contributed by atoms with Crippen LogP contribution in [-0.4, -0.2) is 74.4 Å². The van der Waals surface area contributed by atoms with Crippen LogP contribution >= 0.6 is 0 Å². The molecule has 0 radical (unpaired) electrons. The average Bonchev–Trinajstić information content (AvgIpc) is 3.53. The van der Waals surface area contributed by atoms with Gasteiger partial charge in [0.25, 0.3) is 0 Å². The molecule has 2 saturated heterocycles. The van der Waals surface area contributed by atoms with E-state index in [1.54, 1.807) is 9.58 Å². The number of anilines is 2. The molecular formula is C26H26N8O2. The first-order valence-corrected chi connectivity index (χ1v) is 12.1. The van der Waals surface area contributed by atoms with Gasteiger partial charge in [-0.1, -0.05) is 41.1 Å². The Balaban J connectivity index is 1.13. The molecule has 2 aromatic carbocycles. The minimum Gasteiger partial charge on any atom is -0.351 e. The summed E-state index contributed by atoms with van der Waals surface area (Å²) in [7, 11) is 0. The molecule has 6 rings (SSSR count). The maximum atomic E-state index is 13.3. The molecule has 10 nitrogen and oxygen atoms in total. The van der Waals surface area contributed by atoms with Crippen molar-refractivity contribution in [2.45, 2.75) is 13.3 Å². The van der Waals surface area contributed by atoms with Crippen LogP contribution in [0.4, 0.5) is 11.5 Å². The van der Waals surface area contributed by atoms with Gasteiger partial charge in [-0.2, -0.15) is 4.68 Å². The van der Waals surface area contributed by atoms with Crippen LogP contribution in [0.2, 0.25) is 0 Å². The zero-order valence-electron chi connectivity index (χ0n) is 20.0. The summed E-state index contributed by atoms with van der Waals surface area (Å²) < 4.78 is 1.71. The van der Waals surface area contributed by atoms with Crippen molar-refractivity contribution in [3.63, 3.8) is 0 Å². The van der Waals surface area contributed by atoms with E-state index in [0.29, 0.717) is 43.9 Å². The Hall–Kier alpha value is -4.34. The number of aryl methyl sites for hydroxylation is 1. The van der Waals surface area contributed by atoms with Gasteiger partial charge in [-0.25, -0.2) is 9.97 Å². The van der Waals surface area contributed by atoms with Crippen molar-refractivity contribution < 1.29 is 9.59 Å². The second-order valence-corrected chi connectivity index (χ2v) is 9.26. The lowest BCUT2D eigenvalue weighted by molar-refractivity contribution is -0.136. The summed E-state index contributed by atoms with van der Waals surface area (Å²) >= 11 is 0. The Morgan fingerprint density at radius 3 is 2.42 bits per heavy atom. The highest BCUT2D eigenvalue weighted by Crippen LogP contribution is 2.28. The highest BCUT2D eigenvalue weighted by atomic mass is 16.2. The normalized spacial score (nSPS) is 18.3. The van der Waals surface area contributed by atoms with Crippen LogP contribution in [0, 0.1) is 12.8 Å². The van der Waals surface area contributed by atoms with Gasteiger partial charge in [0, 0.05) is 44.8 Å². The van der Waals surface area contributed by atoms with Crippen molar-refractivity contribution in [3.05, 3.63) is 66.5 Å². The Morgan fingerprint density at radius 2 is 1.67 bits per heavy atom. The summed E-state index contributed by atoms with van der Waals surface area (Å²) in [6.45, 7) is 4.81. The lowest BCUT2D eigenvalue weighted by Crippen LogP contribution is -2.51. The number of hydrogen-bond acceptors (Lipinski definition) is 7. The molecule has 2 aliphatic heterocycles. The third-order valence-electron chi connectivity index (χ3n) is 6.93. The van der Waals surface area contributed by atoms with Crippen molar-refractivity contribution in [2.24, 2.45) is 5.92 Å². The molecule has 0 N–H and O–H groups in total. The number of hydrogen-bond donors (Lipinski definition) is 0. The van der Waals surface area contributed by atoms with Crippen molar-refractivity contribution in [1.29, 1.82) is 0 Å². The largest absolute Gasteiger partial charge is 0.351 e. The van der Waals surface area contributed by atoms with Gasteiger partial charge in [-0.05, 0) is 31.2 Å². The predicted octanol–water partition coefficient (Wildman–Crippen LogP) is 2.22. The molecule has 182 valence electrons. The van der Waals surface area contributed by atoms with Crippen LogP contribution in [0.5, 0.6) is 0 Å². The van der Waals surface area contributed by atoms with Gasteiger partial charge in [0.1, 0.15) is 6.33 Å². The maximum Gasteiger partial charge on any atom is 0.228 e. The lowest BCUT2D eigenvalue weighted by atomic mass is 10.1. The molecule has 4 aromatic rings. The monoisotopic (exact) mass is 482 g/mol. The maximum absolute atomic E-state index is 13.3. The van der Waals surface area contributed by atoms with Gasteiger partial charge in [0.15, 0.2) is 17.0 Å². The number of benzene rings is 2. The zero-order valence-corrected chi connectivity index (χ0v) is 20.0. The Labute approximate surface area is 208 Å². The molecule has 2 aromatic heterocycles. The topological polar surface area (TPSA) is 100 Å². The fourth-order valence-corrected chi connectivity index (χ4v) is 4.96. The van der Waals surface area contributed by atoms with E-state index < -0.39 is 0 Å². The van der Waals surface area contributed by atoms with Crippen LogP contribution in [0.15, 0.2) is 60.9 Å². The number of rotatable bonds is 4. The van der Waals surface area contributed by atoms with E-state index in [1.165, 1.54) is 6.33 Å². The number of fused-ring (bicyclic) bond motifs is 1. The molecule has 0 bridgehead atoms.